The number of aryl methyl sites for hydroxylation is 2. The van der Waals surface area contributed by atoms with Crippen LogP contribution in [0.4, 0.5) is 0 Å². The lowest BCUT2D eigenvalue weighted by Crippen LogP contribution is -2.21. The number of hydrogen-bond donors (Lipinski definition) is 0. The highest BCUT2D eigenvalue weighted by atomic mass is 32.1. The van der Waals surface area contributed by atoms with Crippen molar-refractivity contribution in [1.29, 1.82) is 0 Å². The Morgan fingerprint density at radius 1 is 1.29 bits per heavy atom. The Balaban J connectivity index is 2.01. The summed E-state index contributed by atoms with van der Waals surface area (Å²) < 4.78 is 5.39. The predicted octanol–water partition coefficient (Wildman–Crippen LogP) is 1.64. The van der Waals surface area contributed by atoms with Crippen LogP contribution in [0.25, 0.3) is 0 Å². The highest BCUT2D eigenvalue weighted by Crippen LogP contribution is 2.18. The van der Waals surface area contributed by atoms with E-state index >= 15 is 0 Å². The van der Waals surface area contributed by atoms with Crippen LogP contribution in [-0.2, 0) is 6.42 Å². The number of Topliss-reactive ketones (excluding diaryl/α,β-unsaturated/α-hetero) is 1. The maximum Gasteiger partial charge on any atom is 0.228 e. The van der Waals surface area contributed by atoms with E-state index in [0.29, 0.717) is 5.75 Å². The quantitative estimate of drug-likeness (QED) is 0.758. The van der Waals surface area contributed by atoms with Crippen LogP contribution in [0.2, 0.25) is 0 Å². The summed E-state index contributed by atoms with van der Waals surface area (Å²) in [6.07, 6.45) is 0.934. The number of aromatic nitrogens is 1. The normalized spacial score (nSPS) is 10.4. The SMILES string of the molecule is CCc1ccc(OCC(=O)c2nc(C)c(C(=O)[O-])s2)cc1. The Hall–Kier alpha value is -2.21. The molecule has 0 amide bonds. The summed E-state index contributed by atoms with van der Waals surface area (Å²) in [7, 11) is 0. The van der Waals surface area contributed by atoms with Crippen molar-refractivity contribution in [1.82, 2.24) is 4.98 Å². The highest BCUT2D eigenvalue weighted by molar-refractivity contribution is 7.15. The molecule has 2 rings (SSSR count). The molecule has 0 unspecified atom stereocenters. The molecule has 0 fully saturated rings. The lowest BCUT2D eigenvalue weighted by atomic mass is 10.2. The minimum atomic E-state index is -1.32. The lowest BCUT2D eigenvalue weighted by Gasteiger charge is -2.04. The van der Waals surface area contributed by atoms with Gasteiger partial charge in [0, 0.05) is 0 Å². The molecule has 0 atom stereocenters. The Labute approximate surface area is 126 Å². The molecule has 5 nitrogen and oxygen atoms in total. The smallest absolute Gasteiger partial charge is 0.228 e. The topological polar surface area (TPSA) is 79.3 Å². The zero-order valence-corrected chi connectivity index (χ0v) is 12.5. The third-order valence-electron chi connectivity index (χ3n) is 2.92. The number of hydrogen-bond acceptors (Lipinski definition) is 6. The van der Waals surface area contributed by atoms with E-state index in [1.165, 1.54) is 12.5 Å². The molecule has 0 aliphatic rings. The van der Waals surface area contributed by atoms with Gasteiger partial charge in [0.2, 0.25) is 5.78 Å². The van der Waals surface area contributed by atoms with Gasteiger partial charge in [-0.3, -0.25) is 4.79 Å². The third-order valence-corrected chi connectivity index (χ3v) is 4.10. The third kappa shape index (κ3) is 3.66. The second-order valence-electron chi connectivity index (χ2n) is 4.43. The summed E-state index contributed by atoms with van der Waals surface area (Å²) in [6, 6.07) is 7.46. The van der Waals surface area contributed by atoms with E-state index in [9.17, 15) is 14.7 Å². The van der Waals surface area contributed by atoms with Gasteiger partial charge < -0.3 is 14.6 Å². The van der Waals surface area contributed by atoms with Crippen molar-refractivity contribution in [2.45, 2.75) is 20.3 Å². The number of ketones is 1. The number of carbonyl (C=O) groups is 2. The van der Waals surface area contributed by atoms with Gasteiger partial charge in [0.25, 0.3) is 0 Å². The van der Waals surface area contributed by atoms with Gasteiger partial charge in [-0.2, -0.15) is 0 Å². The molecule has 1 aromatic heterocycles. The first-order chi connectivity index (χ1) is 10.0. The number of benzene rings is 1. The molecule has 0 saturated carbocycles. The molecule has 110 valence electrons. The standard InChI is InChI=1S/C15H15NO4S/c1-3-10-4-6-11(7-5-10)20-8-12(17)14-16-9(2)13(21-14)15(18)19/h4-7H,3,8H2,1-2H3,(H,18,19)/p-1. The summed E-state index contributed by atoms with van der Waals surface area (Å²) in [4.78, 5) is 26.7. The van der Waals surface area contributed by atoms with Gasteiger partial charge in [-0.15, -0.1) is 11.3 Å². The Morgan fingerprint density at radius 2 is 1.95 bits per heavy atom. The molecule has 0 aliphatic heterocycles. The first-order valence-corrected chi connectivity index (χ1v) is 7.26. The van der Waals surface area contributed by atoms with E-state index in [0.717, 1.165) is 17.8 Å². The Kier molecular flexibility index (Phi) is 4.70. The molecule has 1 heterocycles. The average Bonchev–Trinajstić information content (AvgIpc) is 2.87. The molecule has 0 saturated heterocycles. The average molecular weight is 304 g/mol. The molecule has 0 aliphatic carbocycles. The number of carbonyl (C=O) groups excluding carboxylic acids is 2. The molecule has 1 aromatic carbocycles. The molecular formula is C15H14NO4S-. The van der Waals surface area contributed by atoms with Crippen molar-refractivity contribution in [3.05, 3.63) is 45.4 Å². The fourth-order valence-electron chi connectivity index (χ4n) is 1.74. The van der Waals surface area contributed by atoms with E-state index < -0.39 is 5.97 Å². The number of aromatic carboxylic acids is 1. The molecule has 0 bridgehead atoms. The molecule has 0 spiro atoms. The van der Waals surface area contributed by atoms with Crippen LogP contribution in [0.1, 0.15) is 37.7 Å². The monoisotopic (exact) mass is 304 g/mol. The van der Waals surface area contributed by atoms with Crippen molar-refractivity contribution in [3.8, 4) is 5.75 Å². The second kappa shape index (κ2) is 6.49. The number of nitrogens with zero attached hydrogens (tertiary/aromatic N) is 1. The Bertz CT molecular complexity index is 661. The van der Waals surface area contributed by atoms with Gasteiger partial charge in [0.1, 0.15) is 5.75 Å². The van der Waals surface area contributed by atoms with Gasteiger partial charge in [-0.25, -0.2) is 4.98 Å². The van der Waals surface area contributed by atoms with Crippen molar-refractivity contribution in [2.75, 3.05) is 6.61 Å². The van der Waals surface area contributed by atoms with Gasteiger partial charge in [-0.05, 0) is 31.0 Å². The van der Waals surface area contributed by atoms with Gasteiger partial charge in [0.15, 0.2) is 11.6 Å². The van der Waals surface area contributed by atoms with Crippen LogP contribution in [0.5, 0.6) is 5.75 Å². The molecule has 6 heteroatoms. The van der Waals surface area contributed by atoms with E-state index in [-0.39, 0.29) is 28.0 Å². The maximum atomic E-state index is 11.9. The maximum absolute atomic E-state index is 11.9. The minimum Gasteiger partial charge on any atom is -0.544 e. The molecule has 2 aromatic rings. The van der Waals surface area contributed by atoms with Crippen LogP contribution in [-0.4, -0.2) is 23.3 Å². The zero-order valence-electron chi connectivity index (χ0n) is 11.7. The first-order valence-electron chi connectivity index (χ1n) is 6.45. The fraction of sp³-hybridized carbons (Fsp3) is 0.267. The summed E-state index contributed by atoms with van der Waals surface area (Å²) in [5.41, 5.74) is 1.47. The number of thiazole rings is 1. The molecule has 0 radical (unpaired) electrons. The van der Waals surface area contributed by atoms with Crippen LogP contribution in [0, 0.1) is 6.92 Å². The summed E-state index contributed by atoms with van der Waals surface area (Å²) >= 11 is 0.814. The van der Waals surface area contributed by atoms with Crippen molar-refractivity contribution in [2.24, 2.45) is 0 Å². The van der Waals surface area contributed by atoms with Crippen LogP contribution >= 0.6 is 11.3 Å². The van der Waals surface area contributed by atoms with E-state index in [1.54, 1.807) is 12.1 Å². The fourth-order valence-corrected chi connectivity index (χ4v) is 2.56. The summed E-state index contributed by atoms with van der Waals surface area (Å²) in [5, 5.41) is 10.9. The predicted molar refractivity (Wildman–Crippen MR) is 76.8 cm³/mol. The number of carboxylic acid groups (broad SMARTS) is 1. The molecule has 21 heavy (non-hydrogen) atoms. The van der Waals surface area contributed by atoms with E-state index in [2.05, 4.69) is 11.9 Å². The van der Waals surface area contributed by atoms with Crippen molar-refractivity contribution >= 4 is 23.1 Å². The lowest BCUT2D eigenvalue weighted by molar-refractivity contribution is -0.254. The van der Waals surface area contributed by atoms with Gasteiger partial charge >= 0.3 is 0 Å². The molecular weight excluding hydrogens is 290 g/mol. The molecule has 0 N–H and O–H groups in total. The highest BCUT2D eigenvalue weighted by Gasteiger charge is 2.15. The number of ether oxygens (including phenoxy) is 1. The largest absolute Gasteiger partial charge is 0.544 e. The van der Waals surface area contributed by atoms with Crippen LogP contribution in [0.15, 0.2) is 24.3 Å². The Morgan fingerprint density at radius 3 is 2.48 bits per heavy atom. The first kappa shape index (κ1) is 15.2. The zero-order chi connectivity index (χ0) is 15.4. The summed E-state index contributed by atoms with van der Waals surface area (Å²) in [6.45, 7) is 3.41. The van der Waals surface area contributed by atoms with Crippen LogP contribution < -0.4 is 9.84 Å². The summed E-state index contributed by atoms with van der Waals surface area (Å²) in [5.74, 6) is -1.08. The number of carboxylic acids is 1. The van der Waals surface area contributed by atoms with E-state index in [1.807, 2.05) is 12.1 Å². The minimum absolute atomic E-state index is 0.0225. The van der Waals surface area contributed by atoms with Crippen LogP contribution in [0.3, 0.4) is 0 Å². The van der Waals surface area contributed by atoms with Gasteiger partial charge in [-0.1, -0.05) is 19.1 Å². The van der Waals surface area contributed by atoms with Crippen molar-refractivity contribution in [3.63, 3.8) is 0 Å². The number of rotatable bonds is 6. The van der Waals surface area contributed by atoms with E-state index in [4.69, 9.17) is 4.74 Å². The second-order valence-corrected chi connectivity index (χ2v) is 5.43. The van der Waals surface area contributed by atoms with Gasteiger partial charge in [0.05, 0.1) is 16.5 Å². The van der Waals surface area contributed by atoms with Crippen molar-refractivity contribution < 1.29 is 19.4 Å².